The summed E-state index contributed by atoms with van der Waals surface area (Å²) >= 11 is 18.4. The normalized spacial score (nSPS) is 12.5. The first-order chi connectivity index (χ1) is 8.90. The van der Waals surface area contributed by atoms with Crippen molar-refractivity contribution in [2.75, 3.05) is 0 Å². The molecule has 2 aromatic carbocycles. The van der Waals surface area contributed by atoms with E-state index in [-0.39, 0.29) is 11.2 Å². The number of hydrogen-bond donors (Lipinski definition) is 0. The number of aryl methyl sites for hydroxylation is 2. The first kappa shape index (κ1) is 14.6. The molecule has 2 rings (SSSR count). The van der Waals surface area contributed by atoms with Crippen molar-refractivity contribution in [2.45, 2.75) is 19.2 Å². The van der Waals surface area contributed by atoms with Gasteiger partial charge >= 0.3 is 0 Å². The van der Waals surface area contributed by atoms with Crippen molar-refractivity contribution in [3.63, 3.8) is 0 Å². The minimum Gasteiger partial charge on any atom is -0.207 e. The number of hydrogen-bond acceptors (Lipinski definition) is 0. The van der Waals surface area contributed by atoms with E-state index >= 15 is 0 Å². The van der Waals surface area contributed by atoms with Crippen molar-refractivity contribution in [2.24, 2.45) is 0 Å². The summed E-state index contributed by atoms with van der Waals surface area (Å²) in [6.45, 7) is 3.69. The van der Waals surface area contributed by atoms with E-state index < -0.39 is 0 Å². The van der Waals surface area contributed by atoms with E-state index in [9.17, 15) is 4.39 Å². The molecule has 0 heterocycles. The standard InChI is InChI=1S/C15H12Cl3F/c1-8-5-11(19)6-9(2)14(8)15(18)10-3-4-12(16)13(17)7-10/h3-7,15H,1-2H3. The van der Waals surface area contributed by atoms with E-state index in [1.165, 1.54) is 12.1 Å². The van der Waals surface area contributed by atoms with Crippen LogP contribution >= 0.6 is 34.8 Å². The third kappa shape index (κ3) is 3.05. The van der Waals surface area contributed by atoms with Crippen molar-refractivity contribution < 1.29 is 4.39 Å². The van der Waals surface area contributed by atoms with Crippen LogP contribution in [0.3, 0.4) is 0 Å². The maximum atomic E-state index is 13.3. The molecular weight excluding hydrogens is 306 g/mol. The summed E-state index contributed by atoms with van der Waals surface area (Å²) < 4.78 is 13.3. The van der Waals surface area contributed by atoms with E-state index in [2.05, 4.69) is 0 Å². The van der Waals surface area contributed by atoms with Gasteiger partial charge in [-0.25, -0.2) is 4.39 Å². The van der Waals surface area contributed by atoms with E-state index in [0.29, 0.717) is 10.0 Å². The van der Waals surface area contributed by atoms with Crippen LogP contribution in [0, 0.1) is 19.7 Å². The third-order valence-electron chi connectivity index (χ3n) is 3.05. The Morgan fingerprint density at radius 2 is 1.53 bits per heavy atom. The topological polar surface area (TPSA) is 0 Å². The van der Waals surface area contributed by atoms with Gasteiger partial charge in [0.15, 0.2) is 0 Å². The van der Waals surface area contributed by atoms with Crippen molar-refractivity contribution in [1.29, 1.82) is 0 Å². The van der Waals surface area contributed by atoms with Crippen LogP contribution in [0.15, 0.2) is 30.3 Å². The Kier molecular flexibility index (Phi) is 4.39. The van der Waals surface area contributed by atoms with Crippen LogP contribution in [-0.4, -0.2) is 0 Å². The Morgan fingerprint density at radius 3 is 2.05 bits per heavy atom. The lowest BCUT2D eigenvalue weighted by Gasteiger charge is -2.17. The average molecular weight is 318 g/mol. The van der Waals surface area contributed by atoms with Crippen molar-refractivity contribution in [3.8, 4) is 0 Å². The number of benzene rings is 2. The molecule has 0 aliphatic rings. The molecule has 0 N–H and O–H groups in total. The minimum atomic E-state index is -0.379. The lowest BCUT2D eigenvalue weighted by atomic mass is 9.95. The maximum Gasteiger partial charge on any atom is 0.123 e. The fraction of sp³-hybridized carbons (Fsp3) is 0.200. The van der Waals surface area contributed by atoms with Crippen LogP contribution < -0.4 is 0 Å². The molecule has 0 aliphatic carbocycles. The van der Waals surface area contributed by atoms with Crippen LogP contribution in [0.5, 0.6) is 0 Å². The summed E-state index contributed by atoms with van der Waals surface area (Å²) in [5, 5.41) is 0.569. The van der Waals surface area contributed by atoms with Gasteiger partial charge in [-0.3, -0.25) is 0 Å². The molecule has 0 radical (unpaired) electrons. The second kappa shape index (κ2) is 5.70. The molecule has 2 aromatic rings. The fourth-order valence-corrected chi connectivity index (χ4v) is 2.94. The molecule has 0 spiro atoms. The van der Waals surface area contributed by atoms with Crippen LogP contribution in [-0.2, 0) is 0 Å². The molecule has 0 aromatic heterocycles. The van der Waals surface area contributed by atoms with E-state index in [4.69, 9.17) is 34.8 Å². The summed E-state index contributed by atoms with van der Waals surface area (Å²) in [4.78, 5) is 0. The molecule has 100 valence electrons. The summed E-state index contributed by atoms with van der Waals surface area (Å²) in [5.74, 6) is -0.253. The summed E-state index contributed by atoms with van der Waals surface area (Å²) in [7, 11) is 0. The van der Waals surface area contributed by atoms with Crippen molar-refractivity contribution >= 4 is 34.8 Å². The zero-order valence-corrected chi connectivity index (χ0v) is 12.7. The minimum absolute atomic E-state index is 0.253. The van der Waals surface area contributed by atoms with Crippen molar-refractivity contribution in [1.82, 2.24) is 0 Å². The van der Waals surface area contributed by atoms with E-state index in [0.717, 1.165) is 22.3 Å². The van der Waals surface area contributed by atoms with Gasteiger partial charge in [0.2, 0.25) is 0 Å². The lowest BCUT2D eigenvalue weighted by molar-refractivity contribution is 0.624. The van der Waals surface area contributed by atoms with Crippen LogP contribution in [0.4, 0.5) is 4.39 Å². The lowest BCUT2D eigenvalue weighted by Crippen LogP contribution is -2.00. The van der Waals surface area contributed by atoms with Gasteiger partial charge in [-0.1, -0.05) is 29.3 Å². The zero-order valence-electron chi connectivity index (χ0n) is 10.5. The van der Waals surface area contributed by atoms with Gasteiger partial charge in [0.25, 0.3) is 0 Å². The first-order valence-electron chi connectivity index (χ1n) is 5.76. The summed E-state index contributed by atoms with van der Waals surface area (Å²) in [5.41, 5.74) is 3.39. The van der Waals surface area contributed by atoms with Crippen molar-refractivity contribution in [3.05, 3.63) is 68.4 Å². The highest BCUT2D eigenvalue weighted by Crippen LogP contribution is 2.36. The van der Waals surface area contributed by atoms with Gasteiger partial charge in [-0.15, -0.1) is 11.6 Å². The molecular formula is C15H12Cl3F. The zero-order chi connectivity index (χ0) is 14.2. The second-order valence-corrected chi connectivity index (χ2v) is 5.74. The van der Waals surface area contributed by atoms with Gasteiger partial charge in [0, 0.05) is 0 Å². The Labute approximate surface area is 127 Å². The smallest absolute Gasteiger partial charge is 0.123 e. The predicted molar refractivity (Wildman–Crippen MR) is 80.0 cm³/mol. The average Bonchev–Trinajstić information content (AvgIpc) is 2.31. The van der Waals surface area contributed by atoms with Gasteiger partial charge in [-0.05, 0) is 60.4 Å². The first-order valence-corrected chi connectivity index (χ1v) is 6.95. The van der Waals surface area contributed by atoms with E-state index in [1.807, 2.05) is 19.9 Å². The maximum absolute atomic E-state index is 13.3. The highest BCUT2D eigenvalue weighted by Gasteiger charge is 2.17. The van der Waals surface area contributed by atoms with Gasteiger partial charge in [-0.2, -0.15) is 0 Å². The fourth-order valence-electron chi connectivity index (χ4n) is 2.16. The molecule has 0 aliphatic heterocycles. The molecule has 1 atom stereocenters. The molecule has 0 nitrogen and oxygen atoms in total. The molecule has 1 unspecified atom stereocenters. The summed E-state index contributed by atoms with van der Waals surface area (Å²) in [6, 6.07) is 8.24. The second-order valence-electron chi connectivity index (χ2n) is 4.49. The summed E-state index contributed by atoms with van der Waals surface area (Å²) in [6.07, 6.45) is 0. The largest absolute Gasteiger partial charge is 0.207 e. The quantitative estimate of drug-likeness (QED) is 0.589. The Bertz CT molecular complexity index is 600. The number of rotatable bonds is 2. The molecule has 0 amide bonds. The Morgan fingerprint density at radius 1 is 0.947 bits per heavy atom. The third-order valence-corrected chi connectivity index (χ3v) is 4.26. The monoisotopic (exact) mass is 316 g/mol. The van der Waals surface area contributed by atoms with Gasteiger partial charge < -0.3 is 0 Å². The number of halogens is 4. The number of alkyl halides is 1. The van der Waals surface area contributed by atoms with Crippen LogP contribution in [0.25, 0.3) is 0 Å². The molecule has 4 heteroatoms. The van der Waals surface area contributed by atoms with E-state index in [1.54, 1.807) is 12.1 Å². The predicted octanol–water partition coefficient (Wildman–Crippen LogP) is 6.08. The van der Waals surface area contributed by atoms with Gasteiger partial charge in [0.1, 0.15) is 5.82 Å². The molecule has 19 heavy (non-hydrogen) atoms. The molecule has 0 saturated carbocycles. The van der Waals surface area contributed by atoms with Crippen LogP contribution in [0.2, 0.25) is 10.0 Å². The highest BCUT2D eigenvalue weighted by atomic mass is 35.5. The Balaban J connectivity index is 2.49. The molecule has 0 fully saturated rings. The highest BCUT2D eigenvalue weighted by molar-refractivity contribution is 6.42. The Hall–Kier alpha value is -0.760. The molecule has 0 saturated heterocycles. The SMILES string of the molecule is Cc1cc(F)cc(C)c1C(Cl)c1ccc(Cl)c(Cl)c1. The van der Waals surface area contributed by atoms with Crippen LogP contribution in [0.1, 0.15) is 27.6 Å². The molecule has 0 bridgehead atoms. The van der Waals surface area contributed by atoms with Gasteiger partial charge in [0.05, 0.1) is 15.4 Å².